The van der Waals surface area contributed by atoms with E-state index in [-0.39, 0.29) is 22.9 Å². The van der Waals surface area contributed by atoms with Crippen molar-refractivity contribution in [3.63, 3.8) is 0 Å². The molecule has 1 unspecified atom stereocenters. The van der Waals surface area contributed by atoms with Crippen LogP contribution < -0.4 is 10.5 Å². The lowest BCUT2D eigenvalue weighted by Crippen LogP contribution is -2.14. The number of nitrogens with two attached hydrogens (primary N) is 1. The Morgan fingerprint density at radius 3 is 2.73 bits per heavy atom. The summed E-state index contributed by atoms with van der Waals surface area (Å²) >= 11 is 5.84. The molecule has 0 saturated heterocycles. The molecule has 0 aliphatic carbocycles. The smallest absolute Gasteiger partial charge is 0.173 e. The lowest BCUT2D eigenvalue weighted by Gasteiger charge is -2.14. The fourth-order valence-corrected chi connectivity index (χ4v) is 1.53. The van der Waals surface area contributed by atoms with Crippen LogP contribution >= 0.6 is 11.6 Å². The van der Waals surface area contributed by atoms with Gasteiger partial charge in [-0.05, 0) is 18.6 Å². The standard InChI is InChI=1S/C10H13ClFNO2/c1-5-3-6(7(14)4-13)9(12)10(15-2)8(5)11/h3,7,14H,4,13H2,1-2H3. The van der Waals surface area contributed by atoms with Crippen LogP contribution in [0.1, 0.15) is 17.2 Å². The molecule has 0 fully saturated rings. The molecule has 1 rings (SSSR count). The van der Waals surface area contributed by atoms with Crippen LogP contribution in [0.15, 0.2) is 6.07 Å². The molecule has 3 nitrogen and oxygen atoms in total. The zero-order chi connectivity index (χ0) is 11.6. The van der Waals surface area contributed by atoms with E-state index in [0.717, 1.165) is 0 Å². The largest absolute Gasteiger partial charge is 0.492 e. The molecule has 5 heteroatoms. The summed E-state index contributed by atoms with van der Waals surface area (Å²) < 4.78 is 18.6. The molecule has 0 saturated carbocycles. The van der Waals surface area contributed by atoms with Crippen molar-refractivity contribution in [3.8, 4) is 5.75 Å². The fraction of sp³-hybridized carbons (Fsp3) is 0.400. The number of rotatable bonds is 3. The molecule has 0 heterocycles. The number of benzene rings is 1. The molecule has 0 radical (unpaired) electrons. The summed E-state index contributed by atoms with van der Waals surface area (Å²) in [6.45, 7) is 1.65. The second kappa shape index (κ2) is 4.79. The van der Waals surface area contributed by atoms with Crippen molar-refractivity contribution in [1.82, 2.24) is 0 Å². The van der Waals surface area contributed by atoms with Crippen molar-refractivity contribution in [2.24, 2.45) is 5.73 Å². The minimum Gasteiger partial charge on any atom is -0.492 e. The van der Waals surface area contributed by atoms with Gasteiger partial charge in [0.25, 0.3) is 0 Å². The van der Waals surface area contributed by atoms with Gasteiger partial charge < -0.3 is 15.6 Å². The third-order valence-corrected chi connectivity index (χ3v) is 2.63. The van der Waals surface area contributed by atoms with E-state index in [0.29, 0.717) is 5.56 Å². The Bertz CT molecular complexity index is 371. The first-order chi connectivity index (χ1) is 7.02. The number of aliphatic hydroxyl groups is 1. The maximum absolute atomic E-state index is 13.7. The number of hydrogen-bond acceptors (Lipinski definition) is 3. The maximum atomic E-state index is 13.7. The first-order valence-electron chi connectivity index (χ1n) is 4.43. The molecule has 84 valence electrons. The van der Waals surface area contributed by atoms with Crippen LogP contribution in [0.5, 0.6) is 5.75 Å². The molecule has 1 aromatic carbocycles. The van der Waals surface area contributed by atoms with E-state index in [1.807, 2.05) is 0 Å². The highest BCUT2D eigenvalue weighted by molar-refractivity contribution is 6.32. The Kier molecular flexibility index (Phi) is 3.90. The van der Waals surface area contributed by atoms with Gasteiger partial charge in [0.1, 0.15) is 0 Å². The number of hydrogen-bond donors (Lipinski definition) is 2. The van der Waals surface area contributed by atoms with Crippen LogP contribution in [-0.2, 0) is 0 Å². The maximum Gasteiger partial charge on any atom is 0.173 e. The van der Waals surface area contributed by atoms with Gasteiger partial charge in [0.05, 0.1) is 18.2 Å². The van der Waals surface area contributed by atoms with Gasteiger partial charge in [-0.25, -0.2) is 4.39 Å². The summed E-state index contributed by atoms with van der Waals surface area (Å²) in [5, 5.41) is 9.69. The highest BCUT2D eigenvalue weighted by Crippen LogP contribution is 2.35. The second-order valence-corrected chi connectivity index (χ2v) is 3.57. The molecule has 0 aliphatic heterocycles. The Morgan fingerprint density at radius 1 is 1.67 bits per heavy atom. The molecule has 15 heavy (non-hydrogen) atoms. The predicted molar refractivity (Wildman–Crippen MR) is 56.7 cm³/mol. The average Bonchev–Trinajstić information content (AvgIpc) is 2.23. The van der Waals surface area contributed by atoms with Gasteiger partial charge >= 0.3 is 0 Å². The number of methoxy groups -OCH3 is 1. The van der Waals surface area contributed by atoms with Crippen LogP contribution in [0, 0.1) is 12.7 Å². The minimum atomic E-state index is -1.05. The van der Waals surface area contributed by atoms with Gasteiger partial charge in [-0.15, -0.1) is 0 Å². The lowest BCUT2D eigenvalue weighted by atomic mass is 10.0. The quantitative estimate of drug-likeness (QED) is 0.837. The summed E-state index contributed by atoms with van der Waals surface area (Å²) in [5.74, 6) is -0.717. The molecule has 1 aromatic rings. The monoisotopic (exact) mass is 233 g/mol. The van der Waals surface area contributed by atoms with Gasteiger partial charge in [-0.3, -0.25) is 0 Å². The van der Waals surface area contributed by atoms with Crippen LogP contribution in [0.25, 0.3) is 0 Å². The lowest BCUT2D eigenvalue weighted by molar-refractivity contribution is 0.180. The molecule has 0 bridgehead atoms. The summed E-state index contributed by atoms with van der Waals surface area (Å²) in [4.78, 5) is 0. The van der Waals surface area contributed by atoms with Crippen LogP contribution in [-0.4, -0.2) is 18.8 Å². The average molecular weight is 234 g/mol. The van der Waals surface area contributed by atoms with E-state index < -0.39 is 11.9 Å². The summed E-state index contributed by atoms with van der Waals surface area (Å²) in [7, 11) is 1.32. The van der Waals surface area contributed by atoms with Crippen molar-refractivity contribution < 1.29 is 14.2 Å². The third-order valence-electron chi connectivity index (χ3n) is 2.16. The number of aryl methyl sites for hydroxylation is 1. The van der Waals surface area contributed by atoms with E-state index in [9.17, 15) is 9.50 Å². The van der Waals surface area contributed by atoms with Crippen molar-refractivity contribution in [2.45, 2.75) is 13.0 Å². The van der Waals surface area contributed by atoms with Gasteiger partial charge in [0.15, 0.2) is 11.6 Å². The molecular weight excluding hydrogens is 221 g/mol. The molecule has 0 spiro atoms. The predicted octanol–water partition coefficient (Wildman–Crippen LogP) is 1.79. The molecular formula is C10H13ClFNO2. The SMILES string of the molecule is COc1c(F)c(C(O)CN)cc(C)c1Cl. The van der Waals surface area contributed by atoms with Crippen LogP contribution in [0.3, 0.4) is 0 Å². The highest BCUT2D eigenvalue weighted by atomic mass is 35.5. The third kappa shape index (κ3) is 2.22. The van der Waals surface area contributed by atoms with Crippen molar-refractivity contribution >= 4 is 11.6 Å². The molecule has 0 aromatic heterocycles. The van der Waals surface area contributed by atoms with Crippen molar-refractivity contribution in [2.75, 3.05) is 13.7 Å². The van der Waals surface area contributed by atoms with E-state index in [4.69, 9.17) is 22.1 Å². The summed E-state index contributed by atoms with van der Waals surface area (Å²) in [5.41, 5.74) is 6.01. The Morgan fingerprint density at radius 2 is 2.27 bits per heavy atom. The highest BCUT2D eigenvalue weighted by Gasteiger charge is 2.19. The first-order valence-corrected chi connectivity index (χ1v) is 4.81. The second-order valence-electron chi connectivity index (χ2n) is 3.20. The van der Waals surface area contributed by atoms with Gasteiger partial charge in [0, 0.05) is 12.1 Å². The summed E-state index contributed by atoms with van der Waals surface area (Å²) in [6.07, 6.45) is -1.05. The molecule has 1 atom stereocenters. The van der Waals surface area contributed by atoms with E-state index in [1.165, 1.54) is 13.2 Å². The van der Waals surface area contributed by atoms with Crippen molar-refractivity contribution in [3.05, 3.63) is 28.0 Å². The van der Waals surface area contributed by atoms with Crippen LogP contribution in [0.4, 0.5) is 4.39 Å². The summed E-state index contributed by atoms with van der Waals surface area (Å²) in [6, 6.07) is 1.47. The van der Waals surface area contributed by atoms with Crippen molar-refractivity contribution in [1.29, 1.82) is 0 Å². The van der Waals surface area contributed by atoms with E-state index >= 15 is 0 Å². The minimum absolute atomic E-state index is 0.0544. The topological polar surface area (TPSA) is 55.5 Å². The van der Waals surface area contributed by atoms with Gasteiger partial charge in [0.2, 0.25) is 0 Å². The fourth-order valence-electron chi connectivity index (χ4n) is 1.32. The van der Waals surface area contributed by atoms with Crippen LogP contribution in [0.2, 0.25) is 5.02 Å². The number of aliphatic hydroxyl groups excluding tert-OH is 1. The Labute approximate surface area is 92.6 Å². The van der Waals surface area contributed by atoms with Gasteiger partial charge in [-0.1, -0.05) is 11.6 Å². The molecule has 3 N–H and O–H groups in total. The Hall–Kier alpha value is -0.840. The number of ether oxygens (including phenoxy) is 1. The molecule has 0 aliphatic rings. The zero-order valence-electron chi connectivity index (χ0n) is 8.55. The van der Waals surface area contributed by atoms with E-state index in [2.05, 4.69) is 0 Å². The molecule has 0 amide bonds. The first kappa shape index (κ1) is 12.2. The normalized spacial score (nSPS) is 12.7. The Balaban J connectivity index is 3.36. The number of halogens is 2. The van der Waals surface area contributed by atoms with E-state index in [1.54, 1.807) is 6.92 Å². The van der Waals surface area contributed by atoms with Gasteiger partial charge in [-0.2, -0.15) is 0 Å². The zero-order valence-corrected chi connectivity index (χ0v) is 9.31.